The van der Waals surface area contributed by atoms with E-state index in [2.05, 4.69) is 44.0 Å². The summed E-state index contributed by atoms with van der Waals surface area (Å²) in [6.07, 6.45) is 2.33. The summed E-state index contributed by atoms with van der Waals surface area (Å²) in [5.41, 5.74) is 5.15. The van der Waals surface area contributed by atoms with Gasteiger partial charge >= 0.3 is 0 Å². The number of fused-ring (bicyclic) bond motifs is 1. The SMILES string of the molecule is Cc1cccc(CN(C(=O)Cc2c(C)nc3ccccn23)C(C)C)c1. The van der Waals surface area contributed by atoms with Crippen LogP contribution in [-0.2, 0) is 17.8 Å². The largest absolute Gasteiger partial charge is 0.336 e. The van der Waals surface area contributed by atoms with Gasteiger partial charge < -0.3 is 9.30 Å². The molecule has 0 aliphatic heterocycles. The van der Waals surface area contributed by atoms with Crippen molar-refractivity contribution >= 4 is 11.6 Å². The van der Waals surface area contributed by atoms with Gasteiger partial charge in [0.2, 0.25) is 5.91 Å². The van der Waals surface area contributed by atoms with Gasteiger partial charge in [0.25, 0.3) is 0 Å². The lowest BCUT2D eigenvalue weighted by Crippen LogP contribution is -2.37. The van der Waals surface area contributed by atoms with Crippen molar-refractivity contribution < 1.29 is 4.79 Å². The van der Waals surface area contributed by atoms with Crippen molar-refractivity contribution in [2.24, 2.45) is 0 Å². The fourth-order valence-electron chi connectivity index (χ4n) is 3.19. The number of carbonyl (C=O) groups excluding carboxylic acids is 1. The van der Waals surface area contributed by atoms with Crippen molar-refractivity contribution in [3.8, 4) is 0 Å². The zero-order valence-corrected chi connectivity index (χ0v) is 15.4. The van der Waals surface area contributed by atoms with Gasteiger partial charge in [0.05, 0.1) is 17.8 Å². The lowest BCUT2D eigenvalue weighted by atomic mass is 10.1. The molecule has 0 saturated heterocycles. The van der Waals surface area contributed by atoms with Gasteiger partial charge in [-0.3, -0.25) is 4.79 Å². The van der Waals surface area contributed by atoms with Crippen molar-refractivity contribution in [1.82, 2.24) is 14.3 Å². The maximum Gasteiger partial charge on any atom is 0.229 e. The average molecular weight is 335 g/mol. The molecule has 0 saturated carbocycles. The normalized spacial score (nSPS) is 11.2. The number of aryl methyl sites for hydroxylation is 2. The topological polar surface area (TPSA) is 37.6 Å². The van der Waals surface area contributed by atoms with E-state index in [4.69, 9.17) is 0 Å². The first-order valence-electron chi connectivity index (χ1n) is 8.73. The number of amides is 1. The molecule has 0 spiro atoms. The molecule has 1 aromatic carbocycles. The third-order valence-corrected chi connectivity index (χ3v) is 4.53. The molecular weight excluding hydrogens is 310 g/mol. The minimum Gasteiger partial charge on any atom is -0.336 e. The number of nitrogens with zero attached hydrogens (tertiary/aromatic N) is 3. The standard InChI is InChI=1S/C21H25N3O/c1-15(2)24(14-18-9-7-8-16(3)12-18)21(25)13-19-17(4)22-20-10-5-6-11-23(19)20/h5-12,15H,13-14H2,1-4H3. The van der Waals surface area contributed by atoms with Gasteiger partial charge in [-0.05, 0) is 45.4 Å². The van der Waals surface area contributed by atoms with Crippen molar-refractivity contribution in [2.75, 3.05) is 0 Å². The zero-order valence-electron chi connectivity index (χ0n) is 15.4. The molecule has 0 N–H and O–H groups in total. The van der Waals surface area contributed by atoms with Gasteiger partial charge in [0.15, 0.2) is 0 Å². The Morgan fingerprint density at radius 1 is 1.16 bits per heavy atom. The molecule has 0 fully saturated rings. The van der Waals surface area contributed by atoms with Crippen LogP contribution in [0.25, 0.3) is 5.65 Å². The summed E-state index contributed by atoms with van der Waals surface area (Å²) >= 11 is 0. The number of carbonyl (C=O) groups is 1. The summed E-state index contributed by atoms with van der Waals surface area (Å²) in [5.74, 6) is 0.130. The predicted molar refractivity (Wildman–Crippen MR) is 100 cm³/mol. The van der Waals surface area contributed by atoms with Crippen molar-refractivity contribution in [3.05, 3.63) is 71.2 Å². The minimum atomic E-state index is 0.130. The highest BCUT2D eigenvalue weighted by molar-refractivity contribution is 5.79. The fraction of sp³-hybridized carbons (Fsp3) is 0.333. The molecule has 2 heterocycles. The highest BCUT2D eigenvalue weighted by Gasteiger charge is 2.20. The van der Waals surface area contributed by atoms with Crippen LogP contribution in [0.15, 0.2) is 48.7 Å². The molecule has 2 aromatic heterocycles. The van der Waals surface area contributed by atoms with Crippen LogP contribution in [0.2, 0.25) is 0 Å². The van der Waals surface area contributed by atoms with E-state index in [1.165, 1.54) is 5.56 Å². The summed E-state index contributed by atoms with van der Waals surface area (Å²) in [6, 6.07) is 14.4. The maximum atomic E-state index is 13.0. The van der Waals surface area contributed by atoms with E-state index in [1.807, 2.05) is 46.7 Å². The molecule has 130 valence electrons. The van der Waals surface area contributed by atoms with E-state index in [0.717, 1.165) is 22.6 Å². The molecule has 3 rings (SSSR count). The Morgan fingerprint density at radius 2 is 1.96 bits per heavy atom. The van der Waals surface area contributed by atoms with Crippen LogP contribution < -0.4 is 0 Å². The van der Waals surface area contributed by atoms with Crippen LogP contribution in [0.3, 0.4) is 0 Å². The van der Waals surface area contributed by atoms with Crippen LogP contribution in [0.1, 0.15) is 36.4 Å². The van der Waals surface area contributed by atoms with Crippen LogP contribution in [0, 0.1) is 13.8 Å². The van der Waals surface area contributed by atoms with Gasteiger partial charge in [-0.15, -0.1) is 0 Å². The number of rotatable bonds is 5. The number of hydrogen-bond donors (Lipinski definition) is 0. The Kier molecular flexibility index (Phi) is 4.88. The molecule has 0 bridgehead atoms. The quantitative estimate of drug-likeness (QED) is 0.708. The molecule has 0 atom stereocenters. The van der Waals surface area contributed by atoms with Crippen LogP contribution >= 0.6 is 0 Å². The summed E-state index contributed by atoms with van der Waals surface area (Å²) < 4.78 is 2.01. The van der Waals surface area contributed by atoms with E-state index in [0.29, 0.717) is 13.0 Å². The highest BCUT2D eigenvalue weighted by Crippen LogP contribution is 2.16. The van der Waals surface area contributed by atoms with E-state index < -0.39 is 0 Å². The first-order chi connectivity index (χ1) is 12.0. The molecule has 1 amide bonds. The zero-order chi connectivity index (χ0) is 18.0. The van der Waals surface area contributed by atoms with Crippen molar-refractivity contribution in [2.45, 2.75) is 46.7 Å². The van der Waals surface area contributed by atoms with E-state index in [9.17, 15) is 4.79 Å². The van der Waals surface area contributed by atoms with Gasteiger partial charge in [0.1, 0.15) is 5.65 Å². The Bertz CT molecular complexity index is 895. The lowest BCUT2D eigenvalue weighted by molar-refractivity contribution is -0.132. The van der Waals surface area contributed by atoms with Crippen LogP contribution in [0.4, 0.5) is 0 Å². The molecule has 4 nitrogen and oxygen atoms in total. The second-order valence-corrected chi connectivity index (χ2v) is 6.85. The van der Waals surface area contributed by atoms with E-state index >= 15 is 0 Å². The lowest BCUT2D eigenvalue weighted by Gasteiger charge is -2.27. The number of imidazole rings is 1. The predicted octanol–water partition coefficient (Wildman–Crippen LogP) is 3.93. The molecule has 0 aliphatic rings. The maximum absolute atomic E-state index is 13.0. The molecule has 25 heavy (non-hydrogen) atoms. The summed E-state index contributed by atoms with van der Waals surface area (Å²) in [4.78, 5) is 19.5. The minimum absolute atomic E-state index is 0.130. The Morgan fingerprint density at radius 3 is 2.68 bits per heavy atom. The third kappa shape index (κ3) is 3.73. The molecule has 0 radical (unpaired) electrons. The number of pyridine rings is 1. The smallest absolute Gasteiger partial charge is 0.229 e. The number of benzene rings is 1. The number of hydrogen-bond acceptors (Lipinski definition) is 2. The highest BCUT2D eigenvalue weighted by atomic mass is 16.2. The van der Waals surface area contributed by atoms with Gasteiger partial charge in [0, 0.05) is 18.8 Å². The molecule has 0 unspecified atom stereocenters. The van der Waals surface area contributed by atoms with E-state index in [-0.39, 0.29) is 11.9 Å². The van der Waals surface area contributed by atoms with Gasteiger partial charge in [-0.25, -0.2) is 4.98 Å². The second kappa shape index (κ2) is 7.09. The third-order valence-electron chi connectivity index (χ3n) is 4.53. The van der Waals surface area contributed by atoms with Crippen molar-refractivity contribution in [3.63, 3.8) is 0 Å². The first kappa shape index (κ1) is 17.2. The first-order valence-corrected chi connectivity index (χ1v) is 8.73. The number of aromatic nitrogens is 2. The average Bonchev–Trinajstić information content (AvgIpc) is 2.88. The Labute approximate surface area is 149 Å². The fourth-order valence-corrected chi connectivity index (χ4v) is 3.19. The second-order valence-electron chi connectivity index (χ2n) is 6.85. The van der Waals surface area contributed by atoms with Gasteiger partial charge in [-0.2, -0.15) is 0 Å². The van der Waals surface area contributed by atoms with E-state index in [1.54, 1.807) is 0 Å². The molecule has 3 aromatic rings. The summed E-state index contributed by atoms with van der Waals surface area (Å²) in [5, 5.41) is 0. The Balaban J connectivity index is 1.84. The molecule has 4 heteroatoms. The van der Waals surface area contributed by atoms with Gasteiger partial charge in [-0.1, -0.05) is 35.9 Å². The van der Waals surface area contributed by atoms with Crippen molar-refractivity contribution in [1.29, 1.82) is 0 Å². The molecule has 0 aliphatic carbocycles. The Hall–Kier alpha value is -2.62. The summed E-state index contributed by atoms with van der Waals surface area (Å²) in [6.45, 7) is 8.81. The molecular formula is C21H25N3O. The summed E-state index contributed by atoms with van der Waals surface area (Å²) in [7, 11) is 0. The van der Waals surface area contributed by atoms with Crippen LogP contribution in [-0.4, -0.2) is 26.2 Å². The van der Waals surface area contributed by atoms with Crippen LogP contribution in [0.5, 0.6) is 0 Å². The monoisotopic (exact) mass is 335 g/mol.